The molecule has 0 aromatic heterocycles. The molecule has 0 aliphatic carbocycles. The Labute approximate surface area is 220 Å². The molecule has 156 valence electrons. The van der Waals surface area contributed by atoms with Crippen molar-refractivity contribution in [3.63, 3.8) is 0 Å². The molecular formula is C23H13BrClI2NO3. The number of benzene rings is 3. The molecule has 0 spiro atoms. The van der Waals surface area contributed by atoms with Gasteiger partial charge >= 0.3 is 5.97 Å². The number of esters is 1. The van der Waals surface area contributed by atoms with E-state index in [4.69, 9.17) is 21.1 Å². The van der Waals surface area contributed by atoms with E-state index in [-0.39, 0.29) is 11.6 Å². The maximum Gasteiger partial charge on any atom is 0.363 e. The molecule has 0 fully saturated rings. The number of hydrogen-bond acceptors (Lipinski definition) is 4. The molecule has 4 nitrogen and oxygen atoms in total. The SMILES string of the molecule is O=C1OC(c2ccccc2Cl)=N/C1=C\c1cc(I)c(OCc2ccccc2Br)c(I)c1. The molecule has 1 aliphatic rings. The number of carbonyl (C=O) groups excluding carboxylic acids is 1. The largest absolute Gasteiger partial charge is 0.487 e. The monoisotopic (exact) mass is 719 g/mol. The van der Waals surface area contributed by atoms with Crippen LogP contribution in [-0.4, -0.2) is 11.9 Å². The molecule has 1 heterocycles. The zero-order valence-electron chi connectivity index (χ0n) is 15.7. The van der Waals surface area contributed by atoms with Gasteiger partial charge in [0.2, 0.25) is 5.90 Å². The lowest BCUT2D eigenvalue weighted by Crippen LogP contribution is -2.05. The van der Waals surface area contributed by atoms with Crippen molar-refractivity contribution in [2.24, 2.45) is 4.99 Å². The second-order valence-corrected chi connectivity index (χ2v) is 10.1. The van der Waals surface area contributed by atoms with Gasteiger partial charge in [0.25, 0.3) is 0 Å². The van der Waals surface area contributed by atoms with Crippen LogP contribution >= 0.6 is 72.7 Å². The van der Waals surface area contributed by atoms with Crippen LogP contribution in [0.3, 0.4) is 0 Å². The van der Waals surface area contributed by atoms with E-state index < -0.39 is 5.97 Å². The molecule has 0 bridgehead atoms. The molecule has 0 N–H and O–H groups in total. The smallest absolute Gasteiger partial charge is 0.363 e. The van der Waals surface area contributed by atoms with Crippen LogP contribution in [-0.2, 0) is 16.1 Å². The van der Waals surface area contributed by atoms with Gasteiger partial charge in [-0.2, -0.15) is 0 Å². The molecule has 4 rings (SSSR count). The highest BCUT2D eigenvalue weighted by atomic mass is 127. The average molecular weight is 721 g/mol. The number of rotatable bonds is 5. The van der Waals surface area contributed by atoms with Gasteiger partial charge in [-0.3, -0.25) is 0 Å². The van der Waals surface area contributed by atoms with Crippen LogP contribution in [0, 0.1) is 7.14 Å². The Morgan fingerprint density at radius 1 is 1.06 bits per heavy atom. The van der Waals surface area contributed by atoms with E-state index in [0.717, 1.165) is 28.5 Å². The van der Waals surface area contributed by atoms with Crippen molar-refractivity contribution in [3.8, 4) is 5.75 Å². The normalized spacial score (nSPS) is 14.5. The molecule has 8 heteroatoms. The minimum atomic E-state index is -0.505. The number of ether oxygens (including phenoxy) is 2. The van der Waals surface area contributed by atoms with Crippen LogP contribution in [0.15, 0.2) is 75.8 Å². The fraction of sp³-hybridized carbons (Fsp3) is 0.0435. The maximum absolute atomic E-state index is 12.3. The van der Waals surface area contributed by atoms with Crippen molar-refractivity contribution in [1.29, 1.82) is 0 Å². The third-order valence-electron chi connectivity index (χ3n) is 4.38. The molecule has 0 radical (unpaired) electrons. The number of nitrogens with zero attached hydrogens (tertiary/aromatic N) is 1. The molecule has 0 saturated heterocycles. The van der Waals surface area contributed by atoms with Crippen molar-refractivity contribution in [1.82, 2.24) is 0 Å². The highest BCUT2D eigenvalue weighted by Crippen LogP contribution is 2.32. The maximum atomic E-state index is 12.3. The van der Waals surface area contributed by atoms with E-state index in [2.05, 4.69) is 66.1 Å². The lowest BCUT2D eigenvalue weighted by Gasteiger charge is -2.12. The van der Waals surface area contributed by atoms with Gasteiger partial charge in [0.05, 0.1) is 17.7 Å². The first kappa shape index (κ1) is 22.8. The van der Waals surface area contributed by atoms with Gasteiger partial charge in [-0.15, -0.1) is 0 Å². The van der Waals surface area contributed by atoms with Crippen LogP contribution in [0.5, 0.6) is 5.75 Å². The molecule has 3 aromatic rings. The molecule has 0 atom stereocenters. The topological polar surface area (TPSA) is 47.9 Å². The van der Waals surface area contributed by atoms with Gasteiger partial charge in [0, 0.05) is 10.0 Å². The summed E-state index contributed by atoms with van der Waals surface area (Å²) in [4.78, 5) is 16.7. The van der Waals surface area contributed by atoms with Gasteiger partial charge in [0.15, 0.2) is 5.70 Å². The zero-order valence-corrected chi connectivity index (χ0v) is 22.4. The summed E-state index contributed by atoms with van der Waals surface area (Å²) in [5, 5.41) is 0.478. The van der Waals surface area contributed by atoms with Crippen molar-refractivity contribution in [2.45, 2.75) is 6.61 Å². The predicted octanol–water partition coefficient (Wildman–Crippen LogP) is 7.24. The van der Waals surface area contributed by atoms with Crippen molar-refractivity contribution in [3.05, 3.63) is 99.7 Å². The first-order chi connectivity index (χ1) is 14.9. The lowest BCUT2D eigenvalue weighted by atomic mass is 10.2. The van der Waals surface area contributed by atoms with Crippen molar-refractivity contribution < 1.29 is 14.3 Å². The van der Waals surface area contributed by atoms with E-state index in [9.17, 15) is 4.79 Å². The highest BCUT2D eigenvalue weighted by Gasteiger charge is 2.25. The standard InChI is InChI=1S/C23H13BrClI2NO3/c24-16-7-3-1-5-14(16)12-30-21-18(26)9-13(10-19(21)27)11-20-23(29)31-22(28-20)15-6-2-4-8-17(15)25/h1-11H,12H2/b20-11-. The summed E-state index contributed by atoms with van der Waals surface area (Å²) in [6, 6.07) is 19.0. The van der Waals surface area contributed by atoms with Gasteiger partial charge in [0.1, 0.15) is 12.4 Å². The van der Waals surface area contributed by atoms with Crippen LogP contribution in [0.4, 0.5) is 0 Å². The second-order valence-electron chi connectivity index (χ2n) is 6.51. The summed E-state index contributed by atoms with van der Waals surface area (Å²) in [6.07, 6.45) is 1.70. The van der Waals surface area contributed by atoms with Crippen molar-refractivity contribution in [2.75, 3.05) is 0 Å². The third-order valence-corrected chi connectivity index (χ3v) is 7.08. The zero-order chi connectivity index (χ0) is 22.0. The predicted molar refractivity (Wildman–Crippen MR) is 142 cm³/mol. The summed E-state index contributed by atoms with van der Waals surface area (Å²) in [5.74, 6) is 0.502. The molecule has 0 saturated carbocycles. The lowest BCUT2D eigenvalue weighted by molar-refractivity contribution is -0.129. The van der Waals surface area contributed by atoms with Crippen LogP contribution < -0.4 is 4.74 Å². The van der Waals surface area contributed by atoms with E-state index in [1.165, 1.54) is 0 Å². The van der Waals surface area contributed by atoms with Crippen molar-refractivity contribution >= 4 is 90.7 Å². The first-order valence-electron chi connectivity index (χ1n) is 9.05. The molecule has 1 aliphatic heterocycles. The summed E-state index contributed by atoms with van der Waals surface area (Å²) < 4.78 is 14.3. The number of carbonyl (C=O) groups is 1. The molecular weight excluding hydrogens is 707 g/mol. The fourth-order valence-corrected chi connectivity index (χ4v) is 5.63. The number of cyclic esters (lactones) is 1. The highest BCUT2D eigenvalue weighted by molar-refractivity contribution is 14.1. The Bertz CT molecular complexity index is 1220. The summed E-state index contributed by atoms with van der Waals surface area (Å²) in [7, 11) is 0. The van der Waals surface area contributed by atoms with Crippen LogP contribution in [0.1, 0.15) is 16.7 Å². The molecule has 3 aromatic carbocycles. The minimum Gasteiger partial charge on any atom is -0.487 e. The Kier molecular flexibility index (Phi) is 7.35. The Hall–Kier alpha value is -1.43. The van der Waals surface area contributed by atoms with Gasteiger partial charge in [-0.1, -0.05) is 57.9 Å². The Morgan fingerprint density at radius 3 is 2.45 bits per heavy atom. The summed E-state index contributed by atoms with van der Waals surface area (Å²) >= 11 is 14.2. The molecule has 31 heavy (non-hydrogen) atoms. The minimum absolute atomic E-state index is 0.208. The van der Waals surface area contributed by atoms with E-state index >= 15 is 0 Å². The number of halogens is 4. The van der Waals surface area contributed by atoms with Gasteiger partial charge in [-0.05, 0) is 87.2 Å². The van der Waals surface area contributed by atoms with Crippen LogP contribution in [0.25, 0.3) is 6.08 Å². The fourth-order valence-electron chi connectivity index (χ4n) is 2.88. The Balaban J connectivity index is 1.58. The first-order valence-corrected chi connectivity index (χ1v) is 12.4. The molecule has 0 amide bonds. The second kappa shape index (κ2) is 10.0. The summed E-state index contributed by atoms with van der Waals surface area (Å²) in [5.41, 5.74) is 2.71. The molecule has 0 unspecified atom stereocenters. The third kappa shape index (κ3) is 5.32. The van der Waals surface area contributed by atoms with E-state index in [0.29, 0.717) is 17.2 Å². The van der Waals surface area contributed by atoms with Gasteiger partial charge < -0.3 is 9.47 Å². The number of aliphatic imine (C=N–C) groups is 1. The van der Waals surface area contributed by atoms with Gasteiger partial charge in [-0.25, -0.2) is 9.79 Å². The number of hydrogen-bond donors (Lipinski definition) is 0. The quantitative estimate of drug-likeness (QED) is 0.159. The Morgan fingerprint density at radius 2 is 1.74 bits per heavy atom. The van der Waals surface area contributed by atoms with E-state index in [1.54, 1.807) is 18.2 Å². The van der Waals surface area contributed by atoms with Crippen LogP contribution in [0.2, 0.25) is 5.02 Å². The average Bonchev–Trinajstić information content (AvgIpc) is 3.09. The van der Waals surface area contributed by atoms with E-state index in [1.807, 2.05) is 48.5 Å². The summed E-state index contributed by atoms with van der Waals surface area (Å²) in [6.45, 7) is 0.450.